The second-order valence-electron chi connectivity index (χ2n) is 4.32. The topological polar surface area (TPSA) is 20.2 Å². The van der Waals surface area contributed by atoms with Crippen molar-refractivity contribution < 1.29 is 5.11 Å². The molecule has 2 heteroatoms. The Balaban J connectivity index is 1.98. The van der Waals surface area contributed by atoms with Gasteiger partial charge in [-0.25, -0.2) is 0 Å². The van der Waals surface area contributed by atoms with E-state index in [2.05, 4.69) is 31.2 Å². The van der Waals surface area contributed by atoms with Gasteiger partial charge in [0.15, 0.2) is 0 Å². The van der Waals surface area contributed by atoms with Crippen molar-refractivity contribution in [3.05, 3.63) is 29.8 Å². The first-order valence-electron chi connectivity index (χ1n) is 5.67. The van der Waals surface area contributed by atoms with Crippen molar-refractivity contribution in [1.29, 1.82) is 0 Å². The monoisotopic (exact) mass is 222 g/mol. The summed E-state index contributed by atoms with van der Waals surface area (Å²) in [7, 11) is 0. The minimum Gasteiger partial charge on any atom is -0.392 e. The fourth-order valence-corrected chi connectivity index (χ4v) is 3.23. The number of benzene rings is 1. The van der Waals surface area contributed by atoms with Gasteiger partial charge in [0, 0.05) is 10.1 Å². The molecule has 1 nitrogen and oxygen atoms in total. The van der Waals surface area contributed by atoms with E-state index in [0.717, 1.165) is 12.8 Å². The van der Waals surface area contributed by atoms with Crippen LogP contribution < -0.4 is 0 Å². The molecule has 1 aliphatic carbocycles. The van der Waals surface area contributed by atoms with Crippen molar-refractivity contribution >= 4 is 11.8 Å². The van der Waals surface area contributed by atoms with Gasteiger partial charge in [-0.1, -0.05) is 30.5 Å². The van der Waals surface area contributed by atoms with E-state index < -0.39 is 0 Å². The largest absolute Gasteiger partial charge is 0.392 e. The molecule has 1 aromatic rings. The minimum absolute atomic E-state index is 0.106. The van der Waals surface area contributed by atoms with Crippen LogP contribution in [0.15, 0.2) is 29.2 Å². The molecule has 1 saturated carbocycles. The Hall–Kier alpha value is -0.470. The number of aryl methyl sites for hydroxylation is 1. The number of hydrogen-bond acceptors (Lipinski definition) is 2. The number of aliphatic hydroxyl groups excluding tert-OH is 1. The molecule has 0 heterocycles. The van der Waals surface area contributed by atoms with Gasteiger partial charge in [0.05, 0.1) is 6.10 Å². The number of thioether (sulfide) groups is 1. The smallest absolute Gasteiger partial charge is 0.0662 e. The molecule has 2 atom stereocenters. The van der Waals surface area contributed by atoms with Crippen LogP contribution >= 0.6 is 11.8 Å². The summed E-state index contributed by atoms with van der Waals surface area (Å²) in [5, 5.41) is 10.3. The molecular formula is C13H18OS. The van der Waals surface area contributed by atoms with Crippen LogP contribution in [-0.4, -0.2) is 16.5 Å². The van der Waals surface area contributed by atoms with Gasteiger partial charge in [0.2, 0.25) is 0 Å². The van der Waals surface area contributed by atoms with E-state index in [1.807, 2.05) is 11.8 Å². The van der Waals surface area contributed by atoms with Gasteiger partial charge in [-0.05, 0) is 31.9 Å². The Morgan fingerprint density at radius 2 is 1.80 bits per heavy atom. The zero-order chi connectivity index (χ0) is 10.7. The normalized spacial score (nSPS) is 26.5. The molecule has 1 aromatic carbocycles. The molecule has 1 N–H and O–H groups in total. The SMILES string of the molecule is Cc1ccc(S[C@@H]2CCCC[C@H]2O)cc1. The maximum absolute atomic E-state index is 9.86. The molecular weight excluding hydrogens is 204 g/mol. The lowest BCUT2D eigenvalue weighted by atomic mass is 9.97. The first-order chi connectivity index (χ1) is 7.25. The second-order valence-corrected chi connectivity index (χ2v) is 5.63. The Morgan fingerprint density at radius 3 is 2.47 bits per heavy atom. The summed E-state index contributed by atoms with van der Waals surface area (Å²) in [6, 6.07) is 8.58. The summed E-state index contributed by atoms with van der Waals surface area (Å²) in [4.78, 5) is 1.28. The van der Waals surface area contributed by atoms with Crippen LogP contribution in [0.5, 0.6) is 0 Å². The van der Waals surface area contributed by atoms with Crippen LogP contribution in [0.4, 0.5) is 0 Å². The molecule has 2 rings (SSSR count). The number of aliphatic hydroxyl groups is 1. The Morgan fingerprint density at radius 1 is 1.13 bits per heavy atom. The van der Waals surface area contributed by atoms with E-state index in [-0.39, 0.29) is 6.10 Å². The molecule has 0 aliphatic heterocycles. The predicted octanol–water partition coefficient (Wildman–Crippen LogP) is 3.39. The minimum atomic E-state index is -0.106. The van der Waals surface area contributed by atoms with Gasteiger partial charge in [-0.2, -0.15) is 0 Å². The van der Waals surface area contributed by atoms with E-state index in [1.165, 1.54) is 23.3 Å². The maximum atomic E-state index is 9.86. The third-order valence-corrected chi connectivity index (χ3v) is 4.37. The number of rotatable bonds is 2. The zero-order valence-corrected chi connectivity index (χ0v) is 9.96. The average molecular weight is 222 g/mol. The summed E-state index contributed by atoms with van der Waals surface area (Å²) in [5.41, 5.74) is 1.29. The first-order valence-corrected chi connectivity index (χ1v) is 6.55. The molecule has 15 heavy (non-hydrogen) atoms. The van der Waals surface area contributed by atoms with Crippen LogP contribution in [-0.2, 0) is 0 Å². The standard InChI is InChI=1S/C13H18OS/c1-10-6-8-11(9-7-10)15-13-5-3-2-4-12(13)14/h6-9,12-14H,2-5H2,1H3/t12-,13-/m1/s1. The van der Waals surface area contributed by atoms with E-state index in [9.17, 15) is 5.11 Å². The van der Waals surface area contributed by atoms with Crippen molar-refractivity contribution in [2.45, 2.75) is 48.9 Å². The van der Waals surface area contributed by atoms with Crippen molar-refractivity contribution in [2.75, 3.05) is 0 Å². The Bertz CT molecular complexity index is 307. The molecule has 0 aromatic heterocycles. The third-order valence-electron chi connectivity index (χ3n) is 2.98. The lowest BCUT2D eigenvalue weighted by Crippen LogP contribution is -2.26. The molecule has 0 bridgehead atoms. The van der Waals surface area contributed by atoms with Gasteiger partial charge < -0.3 is 5.11 Å². The molecule has 1 aliphatic rings. The van der Waals surface area contributed by atoms with Gasteiger partial charge in [0.25, 0.3) is 0 Å². The van der Waals surface area contributed by atoms with Crippen molar-refractivity contribution in [2.24, 2.45) is 0 Å². The summed E-state index contributed by atoms with van der Waals surface area (Å²) in [5.74, 6) is 0. The van der Waals surface area contributed by atoms with Crippen molar-refractivity contribution in [3.8, 4) is 0 Å². The van der Waals surface area contributed by atoms with Gasteiger partial charge in [-0.15, -0.1) is 11.8 Å². The summed E-state index contributed by atoms with van der Waals surface area (Å²) >= 11 is 1.83. The van der Waals surface area contributed by atoms with Gasteiger partial charge in [-0.3, -0.25) is 0 Å². The predicted molar refractivity (Wildman–Crippen MR) is 65.3 cm³/mol. The highest BCUT2D eigenvalue weighted by Gasteiger charge is 2.23. The zero-order valence-electron chi connectivity index (χ0n) is 9.15. The third kappa shape index (κ3) is 2.99. The molecule has 1 fully saturated rings. The summed E-state index contributed by atoms with van der Waals surface area (Å²) < 4.78 is 0. The van der Waals surface area contributed by atoms with E-state index >= 15 is 0 Å². The van der Waals surface area contributed by atoms with Crippen LogP contribution in [0.2, 0.25) is 0 Å². The highest BCUT2D eigenvalue weighted by molar-refractivity contribution is 8.00. The van der Waals surface area contributed by atoms with E-state index in [4.69, 9.17) is 0 Å². The Labute approximate surface area is 95.9 Å². The summed E-state index contributed by atoms with van der Waals surface area (Å²) in [6.45, 7) is 2.10. The van der Waals surface area contributed by atoms with E-state index in [0.29, 0.717) is 5.25 Å². The lowest BCUT2D eigenvalue weighted by molar-refractivity contribution is 0.137. The maximum Gasteiger partial charge on any atom is 0.0662 e. The molecule has 0 saturated heterocycles. The van der Waals surface area contributed by atoms with Gasteiger partial charge in [0.1, 0.15) is 0 Å². The lowest BCUT2D eigenvalue weighted by Gasteiger charge is -2.26. The summed E-state index contributed by atoms with van der Waals surface area (Å²) in [6.07, 6.45) is 4.47. The first kappa shape index (κ1) is 11.0. The number of hydrogen-bond donors (Lipinski definition) is 1. The van der Waals surface area contributed by atoms with Gasteiger partial charge >= 0.3 is 0 Å². The molecule has 0 unspecified atom stereocenters. The molecule has 82 valence electrons. The van der Waals surface area contributed by atoms with Crippen molar-refractivity contribution in [1.82, 2.24) is 0 Å². The molecule has 0 amide bonds. The Kier molecular flexibility index (Phi) is 3.71. The van der Waals surface area contributed by atoms with Crippen LogP contribution in [0.3, 0.4) is 0 Å². The quantitative estimate of drug-likeness (QED) is 0.827. The van der Waals surface area contributed by atoms with Crippen molar-refractivity contribution in [3.63, 3.8) is 0 Å². The van der Waals surface area contributed by atoms with Crippen LogP contribution in [0, 0.1) is 6.92 Å². The second kappa shape index (κ2) is 5.04. The van der Waals surface area contributed by atoms with Crippen LogP contribution in [0.25, 0.3) is 0 Å². The fraction of sp³-hybridized carbons (Fsp3) is 0.538. The van der Waals surface area contributed by atoms with E-state index in [1.54, 1.807) is 0 Å². The highest BCUT2D eigenvalue weighted by Crippen LogP contribution is 2.33. The highest BCUT2D eigenvalue weighted by atomic mass is 32.2. The fourth-order valence-electron chi connectivity index (χ4n) is 2.01. The molecule has 0 spiro atoms. The molecule has 0 radical (unpaired) electrons. The van der Waals surface area contributed by atoms with Crippen LogP contribution in [0.1, 0.15) is 31.2 Å². The average Bonchev–Trinajstić information content (AvgIpc) is 2.25.